The molecule has 0 fully saturated rings. The molecule has 0 saturated heterocycles. The number of ether oxygens (including phenoxy) is 1. The molecule has 0 amide bonds. The van der Waals surface area contributed by atoms with E-state index < -0.39 is 150 Å². The number of nitrogens with zero attached hydrogens (tertiary/aromatic N) is 2. The second kappa shape index (κ2) is 19.3. The lowest BCUT2D eigenvalue weighted by atomic mass is 9.12. The van der Waals surface area contributed by atoms with Crippen molar-refractivity contribution in [2.45, 2.75) is 20.4 Å². The summed E-state index contributed by atoms with van der Waals surface area (Å²) in [5, 5.41) is 0. The maximum absolute atomic E-state index is 15.4. The summed E-state index contributed by atoms with van der Waals surface area (Å²) in [6, 6.07) is 15.8. The zero-order valence-corrected chi connectivity index (χ0v) is 33.9. The molecule has 7 aromatic rings. The van der Waals surface area contributed by atoms with E-state index in [1.165, 1.54) is 0 Å². The van der Waals surface area contributed by atoms with Crippen LogP contribution in [0.5, 0.6) is 5.75 Å². The SMILES string of the molecule is Cc1ccc(C)c(OC(=O)c2c[n+](Cc3ccccc3)ccn2)c1.Fc1c(F)c(F)c([B-](c2c(F)c(F)c(F)c(F)c2F)(c2c(F)c(F)c(F)c(F)c2F)c2c(F)c(F)c(F)c(F)c2F)c(F)c1F. The molecule has 0 aliphatic carbocycles. The van der Waals surface area contributed by atoms with E-state index in [-0.39, 0.29) is 5.69 Å². The third kappa shape index (κ3) is 8.57. The Bertz CT molecular complexity index is 2850. The number of aryl methyl sites for hydroxylation is 2. The Labute approximate surface area is 372 Å². The van der Waals surface area contributed by atoms with Crippen molar-refractivity contribution in [3.63, 3.8) is 0 Å². The van der Waals surface area contributed by atoms with Crippen molar-refractivity contribution in [1.82, 2.24) is 4.98 Å². The van der Waals surface area contributed by atoms with Gasteiger partial charge in [-0.3, -0.25) is 0 Å². The van der Waals surface area contributed by atoms with Gasteiger partial charge in [0.1, 0.15) is 58.4 Å². The summed E-state index contributed by atoms with van der Waals surface area (Å²) in [5.74, 6) is -71.3. The molecular formula is C44H19BF20N2O2. The summed E-state index contributed by atoms with van der Waals surface area (Å²) in [6.07, 6.45) is -2.06. The molecule has 0 spiro atoms. The third-order valence-electron chi connectivity index (χ3n) is 10.4. The third-order valence-corrected chi connectivity index (χ3v) is 10.4. The normalized spacial score (nSPS) is 11.4. The van der Waals surface area contributed by atoms with Gasteiger partial charge in [-0.05, 0) is 31.0 Å². The van der Waals surface area contributed by atoms with Gasteiger partial charge in [0.05, 0.1) is 6.20 Å². The van der Waals surface area contributed by atoms with Crippen LogP contribution in [-0.2, 0) is 6.54 Å². The van der Waals surface area contributed by atoms with Crippen molar-refractivity contribution in [3.8, 4) is 5.75 Å². The van der Waals surface area contributed by atoms with Gasteiger partial charge in [-0.25, -0.2) is 97.6 Å². The smallest absolute Gasteiger partial charge is 0.368 e. The first-order valence-electron chi connectivity index (χ1n) is 18.7. The van der Waals surface area contributed by atoms with Crippen molar-refractivity contribution in [3.05, 3.63) is 206 Å². The van der Waals surface area contributed by atoms with Gasteiger partial charge >= 0.3 is 5.97 Å². The highest BCUT2D eigenvalue weighted by Gasteiger charge is 2.52. The highest BCUT2D eigenvalue weighted by Crippen LogP contribution is 2.31. The summed E-state index contributed by atoms with van der Waals surface area (Å²) < 4.78 is 301. The van der Waals surface area contributed by atoms with Gasteiger partial charge in [0, 0.05) is 5.56 Å². The first-order valence-corrected chi connectivity index (χ1v) is 18.7. The second-order valence-electron chi connectivity index (χ2n) is 14.6. The number of hydrogen-bond acceptors (Lipinski definition) is 3. The van der Waals surface area contributed by atoms with Crippen LogP contribution in [-0.4, -0.2) is 17.1 Å². The van der Waals surface area contributed by atoms with Crippen LogP contribution in [0.2, 0.25) is 0 Å². The van der Waals surface area contributed by atoms with E-state index in [4.69, 9.17) is 4.74 Å². The van der Waals surface area contributed by atoms with Crippen LogP contribution in [0, 0.1) is 130 Å². The van der Waals surface area contributed by atoms with Crippen molar-refractivity contribution in [1.29, 1.82) is 0 Å². The van der Waals surface area contributed by atoms with Crippen molar-refractivity contribution < 1.29 is 102 Å². The van der Waals surface area contributed by atoms with Crippen molar-refractivity contribution >= 4 is 34.0 Å². The molecule has 0 radical (unpaired) electrons. The molecule has 0 atom stereocenters. The molecule has 0 N–H and O–H groups in total. The number of esters is 1. The zero-order valence-electron chi connectivity index (χ0n) is 33.9. The van der Waals surface area contributed by atoms with Crippen LogP contribution >= 0.6 is 0 Å². The Morgan fingerprint density at radius 2 is 0.812 bits per heavy atom. The molecule has 1 heterocycles. The molecule has 0 unspecified atom stereocenters. The van der Waals surface area contributed by atoms with Crippen LogP contribution in [0.3, 0.4) is 0 Å². The fourth-order valence-corrected chi connectivity index (χ4v) is 7.27. The molecule has 360 valence electrons. The molecule has 0 aliphatic heterocycles. The van der Waals surface area contributed by atoms with Gasteiger partial charge < -0.3 is 4.74 Å². The lowest BCUT2D eigenvalue weighted by Crippen LogP contribution is -2.81. The molecule has 4 nitrogen and oxygen atoms in total. The summed E-state index contributed by atoms with van der Waals surface area (Å²) >= 11 is 0. The van der Waals surface area contributed by atoms with Crippen LogP contribution < -0.4 is 31.2 Å². The van der Waals surface area contributed by atoms with Gasteiger partial charge in [-0.15, -0.1) is 21.9 Å². The number of carbonyl (C=O) groups excluding carboxylic acids is 1. The average Bonchev–Trinajstić information content (AvgIpc) is 3.33. The van der Waals surface area contributed by atoms with Gasteiger partial charge in [-0.2, -0.15) is 4.57 Å². The molecule has 1 aromatic heterocycles. The zero-order chi connectivity index (χ0) is 51.3. The van der Waals surface area contributed by atoms with Gasteiger partial charge in [0.2, 0.25) is 11.9 Å². The van der Waals surface area contributed by atoms with E-state index in [2.05, 4.69) is 4.98 Å². The van der Waals surface area contributed by atoms with Crippen molar-refractivity contribution in [2.24, 2.45) is 0 Å². The van der Waals surface area contributed by atoms with E-state index in [1.54, 1.807) is 12.4 Å². The number of carbonyl (C=O) groups is 1. The minimum atomic E-state index is -7.22. The van der Waals surface area contributed by atoms with E-state index in [1.807, 2.05) is 73.1 Å². The molecule has 0 saturated carbocycles. The summed E-state index contributed by atoms with van der Waals surface area (Å²) in [4.78, 5) is 16.5. The quantitative estimate of drug-likeness (QED) is 0.0291. The van der Waals surface area contributed by atoms with Crippen LogP contribution in [0.15, 0.2) is 67.1 Å². The maximum atomic E-state index is 15.4. The van der Waals surface area contributed by atoms with E-state index >= 15 is 35.1 Å². The Morgan fingerprint density at radius 3 is 1.16 bits per heavy atom. The Kier molecular flexibility index (Phi) is 14.2. The summed E-state index contributed by atoms with van der Waals surface area (Å²) in [7, 11) is 0. The molecule has 69 heavy (non-hydrogen) atoms. The fourth-order valence-electron chi connectivity index (χ4n) is 7.27. The highest BCUT2D eigenvalue weighted by atomic mass is 19.2. The lowest BCUT2D eigenvalue weighted by molar-refractivity contribution is -0.689. The van der Waals surface area contributed by atoms with E-state index in [9.17, 15) is 57.5 Å². The van der Waals surface area contributed by atoms with Gasteiger partial charge in [0.15, 0.2) is 82.5 Å². The van der Waals surface area contributed by atoms with Gasteiger partial charge in [0.25, 0.3) is 0 Å². The number of halogens is 20. The van der Waals surface area contributed by atoms with Crippen LogP contribution in [0.1, 0.15) is 27.2 Å². The van der Waals surface area contributed by atoms with E-state index in [0.29, 0.717) is 12.3 Å². The Balaban J connectivity index is 0.000000273. The maximum Gasteiger partial charge on any atom is 0.368 e. The lowest BCUT2D eigenvalue weighted by Gasteiger charge is -2.44. The first kappa shape index (κ1) is 50.9. The predicted molar refractivity (Wildman–Crippen MR) is 200 cm³/mol. The van der Waals surface area contributed by atoms with Crippen LogP contribution in [0.4, 0.5) is 87.8 Å². The summed E-state index contributed by atoms with van der Waals surface area (Å²) in [6.45, 7) is 4.55. The molecule has 0 aliphatic rings. The van der Waals surface area contributed by atoms with Crippen molar-refractivity contribution in [2.75, 3.05) is 0 Å². The first-order chi connectivity index (χ1) is 32.3. The van der Waals surface area contributed by atoms with Gasteiger partial charge in [-0.1, -0.05) is 42.5 Å². The molecule has 25 heteroatoms. The average molecular weight is 998 g/mol. The number of rotatable bonds is 8. The van der Waals surface area contributed by atoms with Crippen LogP contribution in [0.25, 0.3) is 0 Å². The number of benzene rings is 6. The van der Waals surface area contributed by atoms with E-state index in [0.717, 1.165) is 16.7 Å². The summed E-state index contributed by atoms with van der Waals surface area (Å²) in [5.41, 5.74) is -10.9. The molecule has 0 bridgehead atoms. The topological polar surface area (TPSA) is 43.1 Å². The molecule has 7 rings (SSSR count). The fraction of sp³-hybridized carbons (Fsp3) is 0.0682. The number of hydrogen-bond donors (Lipinski definition) is 0. The monoisotopic (exact) mass is 998 g/mol. The second-order valence-corrected chi connectivity index (χ2v) is 14.6. The minimum Gasteiger partial charge on any atom is -0.421 e. The Morgan fingerprint density at radius 1 is 0.478 bits per heavy atom. The number of aromatic nitrogens is 2. The predicted octanol–water partition coefficient (Wildman–Crippen LogP) is 9.10. The highest BCUT2D eigenvalue weighted by molar-refractivity contribution is 7.20. The molecular weight excluding hydrogens is 979 g/mol. The minimum absolute atomic E-state index is 0.286. The molecule has 6 aromatic carbocycles. The Hall–Kier alpha value is -7.47. The standard InChI is InChI=1S/C24BF20.C20H19N2O2/c26-5-1(6(27)14(35)21(42)13(5)34)25(2-7(28)15(36)22(43)16(37)8(2)29,3-9(30)17(38)23(44)18(39)10(3)31)4-11(32)19(40)24(45)20(41)12(4)33;1-15-8-9-16(2)19(12-15)24-20(23)18-14-22(11-10-21-18)13-17-6-4-3-5-7-17/h;3-12,14H,13H2,1-2H3/q-1;+1. The largest absolute Gasteiger partial charge is 0.421 e.